The Morgan fingerprint density at radius 1 is 1.50 bits per heavy atom. The second kappa shape index (κ2) is 5.01. The Bertz CT molecular complexity index is 169. The third-order valence-corrected chi connectivity index (χ3v) is 1.19. The summed E-state index contributed by atoms with van der Waals surface area (Å²) in [6.07, 6.45) is 0. The van der Waals surface area contributed by atoms with Gasteiger partial charge < -0.3 is 4.74 Å². The largest absolute Gasteiger partial charge is 0.480 e. The Morgan fingerprint density at radius 2 is 2.00 bits per heavy atom. The molecule has 0 saturated heterocycles. The van der Waals surface area contributed by atoms with Gasteiger partial charge in [-0.1, -0.05) is 0 Å². The molecule has 0 N–H and O–H groups in total. The number of methoxy groups -OCH3 is 1. The molecule has 0 heterocycles. The van der Waals surface area contributed by atoms with Crippen LogP contribution in [0.4, 0.5) is 0 Å². The summed E-state index contributed by atoms with van der Waals surface area (Å²) in [6.45, 7) is 3.74. The Morgan fingerprint density at radius 3 is 2.10 bits per heavy atom. The van der Waals surface area contributed by atoms with Crippen LogP contribution < -0.4 is 0 Å². The quantitative estimate of drug-likeness (QED) is 0.354. The number of nitrogens with zero attached hydrogens (tertiary/aromatic N) is 1. The minimum atomic E-state index is 0.579. The van der Waals surface area contributed by atoms with E-state index in [9.17, 15) is 0 Å². The lowest BCUT2D eigenvalue weighted by Gasteiger charge is -2.00. The highest BCUT2D eigenvalue weighted by Gasteiger charge is 1.95. The molecule has 0 unspecified atom stereocenters. The van der Waals surface area contributed by atoms with Gasteiger partial charge in [-0.3, -0.25) is 0 Å². The lowest BCUT2D eigenvalue weighted by molar-refractivity contribution is 0.287. The van der Waals surface area contributed by atoms with E-state index >= 15 is 0 Å². The molecule has 10 heavy (non-hydrogen) atoms. The summed E-state index contributed by atoms with van der Waals surface area (Å²) < 4.78 is 5.87. The molecule has 0 aromatic rings. The van der Waals surface area contributed by atoms with Crippen LogP contribution in [0.5, 0.6) is 0 Å². The SMILES string of the molecule is COC(/N=C(\C)I)=C(\C)S. The Kier molecular flexibility index (Phi) is 5.15. The highest BCUT2D eigenvalue weighted by molar-refractivity contribution is 14.1. The maximum Gasteiger partial charge on any atom is 0.222 e. The first-order chi connectivity index (χ1) is 4.57. The summed E-state index contributed by atoms with van der Waals surface area (Å²) in [5, 5.41) is 0. The Balaban J connectivity index is 4.40. The smallest absolute Gasteiger partial charge is 0.222 e. The molecule has 2 nitrogen and oxygen atoms in total. The molecule has 0 saturated carbocycles. The van der Waals surface area contributed by atoms with Crippen LogP contribution in [0.1, 0.15) is 13.8 Å². The van der Waals surface area contributed by atoms with Crippen molar-refractivity contribution in [3.63, 3.8) is 0 Å². The third-order valence-electron chi connectivity index (χ3n) is 0.758. The maximum absolute atomic E-state index is 4.93. The minimum absolute atomic E-state index is 0.579. The number of hydrogen-bond acceptors (Lipinski definition) is 3. The van der Waals surface area contributed by atoms with Gasteiger partial charge in [0.05, 0.1) is 10.8 Å². The van der Waals surface area contributed by atoms with Gasteiger partial charge in [0, 0.05) is 4.91 Å². The van der Waals surface area contributed by atoms with Crippen LogP contribution in [0.3, 0.4) is 0 Å². The molecule has 0 rings (SSSR count). The predicted molar refractivity (Wildman–Crippen MR) is 55.8 cm³/mol. The van der Waals surface area contributed by atoms with Crippen molar-refractivity contribution in [2.75, 3.05) is 7.11 Å². The van der Waals surface area contributed by atoms with Crippen LogP contribution >= 0.6 is 35.2 Å². The molecule has 0 aliphatic rings. The van der Waals surface area contributed by atoms with E-state index in [1.54, 1.807) is 7.11 Å². The summed E-state index contributed by atoms with van der Waals surface area (Å²) in [4.78, 5) is 4.87. The average molecular weight is 271 g/mol. The fourth-order valence-corrected chi connectivity index (χ4v) is 0.775. The molecule has 0 aliphatic heterocycles. The fourth-order valence-electron chi connectivity index (χ4n) is 0.414. The minimum Gasteiger partial charge on any atom is -0.480 e. The van der Waals surface area contributed by atoms with E-state index in [2.05, 4.69) is 40.2 Å². The van der Waals surface area contributed by atoms with Crippen molar-refractivity contribution in [2.45, 2.75) is 13.8 Å². The van der Waals surface area contributed by atoms with Crippen LogP contribution in [-0.4, -0.2) is 10.8 Å². The summed E-state index contributed by atoms with van der Waals surface area (Å²) in [5.74, 6) is 0.579. The van der Waals surface area contributed by atoms with E-state index in [4.69, 9.17) is 4.74 Å². The molecule has 0 bridgehead atoms. The van der Waals surface area contributed by atoms with Gasteiger partial charge in [-0.05, 0) is 36.4 Å². The second-order valence-electron chi connectivity index (χ2n) is 1.70. The standard InChI is InChI=1S/C6H10INOS/c1-4(10)6(9-3)8-5(2)7/h10H,1-3H3/b6-4+,8-5+. The molecular weight excluding hydrogens is 261 g/mol. The van der Waals surface area contributed by atoms with Crippen molar-refractivity contribution in [2.24, 2.45) is 4.99 Å². The van der Waals surface area contributed by atoms with Gasteiger partial charge in [0.15, 0.2) is 0 Å². The molecule has 4 heteroatoms. The third kappa shape index (κ3) is 4.16. The van der Waals surface area contributed by atoms with Crippen LogP contribution in [0.2, 0.25) is 0 Å². The van der Waals surface area contributed by atoms with Crippen molar-refractivity contribution >= 4 is 38.9 Å². The van der Waals surface area contributed by atoms with Crippen molar-refractivity contribution in [3.8, 4) is 0 Å². The van der Waals surface area contributed by atoms with Gasteiger partial charge in [-0.2, -0.15) is 0 Å². The zero-order chi connectivity index (χ0) is 8.15. The summed E-state index contributed by atoms with van der Waals surface area (Å²) >= 11 is 6.21. The Hall–Kier alpha value is 0.290. The van der Waals surface area contributed by atoms with Crippen LogP contribution in [0.25, 0.3) is 0 Å². The maximum atomic E-state index is 4.93. The summed E-state index contributed by atoms with van der Waals surface area (Å²) in [7, 11) is 1.58. The zero-order valence-corrected chi connectivity index (χ0v) is 9.23. The van der Waals surface area contributed by atoms with E-state index in [0.29, 0.717) is 5.88 Å². The van der Waals surface area contributed by atoms with E-state index < -0.39 is 0 Å². The van der Waals surface area contributed by atoms with E-state index in [-0.39, 0.29) is 0 Å². The molecule has 0 aliphatic carbocycles. The first-order valence-corrected chi connectivity index (χ1v) is 4.25. The first kappa shape index (κ1) is 10.3. The molecule has 0 fully saturated rings. The molecule has 58 valence electrons. The molecule has 0 aromatic heterocycles. The zero-order valence-electron chi connectivity index (χ0n) is 6.18. The van der Waals surface area contributed by atoms with Crippen LogP contribution in [0, 0.1) is 0 Å². The Labute approximate surface area is 80.3 Å². The van der Waals surface area contributed by atoms with Gasteiger partial charge in [0.2, 0.25) is 5.88 Å². The number of hydrogen-bond donors (Lipinski definition) is 1. The highest BCUT2D eigenvalue weighted by Crippen LogP contribution is 2.11. The summed E-state index contributed by atoms with van der Waals surface area (Å²) in [5.41, 5.74) is 0. The van der Waals surface area contributed by atoms with Crippen LogP contribution in [0.15, 0.2) is 15.8 Å². The van der Waals surface area contributed by atoms with Gasteiger partial charge in [0.1, 0.15) is 0 Å². The average Bonchev–Trinajstić information content (AvgIpc) is 1.81. The topological polar surface area (TPSA) is 21.6 Å². The normalized spacial score (nSPS) is 14.7. The van der Waals surface area contributed by atoms with Gasteiger partial charge in [0.25, 0.3) is 0 Å². The van der Waals surface area contributed by atoms with Gasteiger partial charge in [-0.15, -0.1) is 12.6 Å². The number of aliphatic imine (C=N–C) groups is 1. The monoisotopic (exact) mass is 271 g/mol. The number of ether oxygens (including phenoxy) is 1. The van der Waals surface area contributed by atoms with Crippen molar-refractivity contribution < 1.29 is 4.74 Å². The number of rotatable bonds is 2. The lowest BCUT2D eigenvalue weighted by atomic mass is 10.6. The molecule has 0 aromatic carbocycles. The molecular formula is C6H10INOS. The lowest BCUT2D eigenvalue weighted by Crippen LogP contribution is -1.86. The number of allylic oxidation sites excluding steroid dienone is 1. The van der Waals surface area contributed by atoms with Gasteiger partial charge >= 0.3 is 0 Å². The van der Waals surface area contributed by atoms with Crippen molar-refractivity contribution in [1.29, 1.82) is 0 Å². The molecule has 0 spiro atoms. The first-order valence-electron chi connectivity index (χ1n) is 2.72. The van der Waals surface area contributed by atoms with E-state index in [1.165, 1.54) is 0 Å². The molecule has 0 radical (unpaired) electrons. The second-order valence-corrected chi connectivity index (χ2v) is 3.94. The van der Waals surface area contributed by atoms with Crippen molar-refractivity contribution in [1.82, 2.24) is 0 Å². The van der Waals surface area contributed by atoms with Crippen molar-refractivity contribution in [3.05, 3.63) is 10.8 Å². The van der Waals surface area contributed by atoms with E-state index in [0.717, 1.165) is 8.62 Å². The van der Waals surface area contributed by atoms with Crippen LogP contribution in [-0.2, 0) is 4.74 Å². The summed E-state index contributed by atoms with van der Waals surface area (Å²) in [6, 6.07) is 0. The molecule has 0 amide bonds. The predicted octanol–water partition coefficient (Wildman–Crippen LogP) is 2.61. The number of halogens is 1. The molecule has 0 atom stereocenters. The highest BCUT2D eigenvalue weighted by atomic mass is 127. The fraction of sp³-hybridized carbons (Fsp3) is 0.500. The number of thiol groups is 1. The van der Waals surface area contributed by atoms with Gasteiger partial charge in [-0.25, -0.2) is 4.99 Å². The van der Waals surface area contributed by atoms with E-state index in [1.807, 2.05) is 13.8 Å².